The summed E-state index contributed by atoms with van der Waals surface area (Å²) in [6.07, 6.45) is 3.34. The molecule has 1 N–H and O–H groups in total. The van der Waals surface area contributed by atoms with Gasteiger partial charge >= 0.3 is 0 Å². The van der Waals surface area contributed by atoms with Gasteiger partial charge in [-0.05, 0) is 49.4 Å². The Morgan fingerprint density at radius 2 is 1.65 bits per heavy atom. The third-order valence-corrected chi connectivity index (χ3v) is 6.60. The molecule has 1 aliphatic rings. The number of sulfone groups is 1. The quantitative estimate of drug-likeness (QED) is 0.751. The van der Waals surface area contributed by atoms with Gasteiger partial charge < -0.3 is 9.88 Å². The number of rotatable bonds is 3. The minimum atomic E-state index is -3.22. The summed E-state index contributed by atoms with van der Waals surface area (Å²) in [4.78, 5) is 6.15. The third kappa shape index (κ3) is 3.01. The van der Waals surface area contributed by atoms with E-state index in [0.29, 0.717) is 10.8 Å². The van der Waals surface area contributed by atoms with Crippen molar-refractivity contribution in [3.05, 3.63) is 59.8 Å². The molecule has 1 aliphatic heterocycles. The normalized spacial score (nSPS) is 16.3. The fourth-order valence-electron chi connectivity index (χ4n) is 4.27. The number of para-hydroxylation sites is 2. The van der Waals surface area contributed by atoms with Gasteiger partial charge in [0.2, 0.25) is 0 Å². The highest BCUT2D eigenvalue weighted by atomic mass is 32.2. The predicted molar refractivity (Wildman–Crippen MR) is 107 cm³/mol. The lowest BCUT2D eigenvalue weighted by molar-refractivity contribution is 0.504. The molecule has 1 fully saturated rings. The second-order valence-electron chi connectivity index (χ2n) is 7.21. The number of hydrogen-bond donors (Lipinski definition) is 1. The second kappa shape index (κ2) is 6.47. The lowest BCUT2D eigenvalue weighted by atomic mass is 9.87. The zero-order valence-electron chi connectivity index (χ0n) is 15.2. The smallest absolute Gasteiger partial charge is 0.177 e. The maximum Gasteiger partial charge on any atom is 0.177 e. The molecule has 3 aromatic rings. The largest absolute Gasteiger partial charge is 0.370 e. The summed E-state index contributed by atoms with van der Waals surface area (Å²) in [5, 5.41) is 1.32. The van der Waals surface area contributed by atoms with E-state index < -0.39 is 9.84 Å². The Morgan fingerprint density at radius 3 is 2.38 bits per heavy atom. The van der Waals surface area contributed by atoms with Crippen LogP contribution in [0.4, 0.5) is 5.69 Å². The summed E-state index contributed by atoms with van der Waals surface area (Å²) in [7, 11) is -3.22. The average molecular weight is 369 g/mol. The van der Waals surface area contributed by atoms with Crippen molar-refractivity contribution in [2.45, 2.75) is 30.6 Å². The first-order valence-corrected chi connectivity index (χ1v) is 11.0. The molecule has 0 radical (unpaired) electrons. The Labute approximate surface area is 154 Å². The Kier molecular flexibility index (Phi) is 4.27. The second-order valence-corrected chi connectivity index (χ2v) is 9.19. The molecular weight excluding hydrogens is 344 g/mol. The van der Waals surface area contributed by atoms with Crippen LogP contribution in [0.5, 0.6) is 0 Å². The number of hydrogen-bond acceptors (Lipinski definition) is 3. The van der Waals surface area contributed by atoms with E-state index in [9.17, 15) is 8.42 Å². The summed E-state index contributed by atoms with van der Waals surface area (Å²) < 4.78 is 24.2. The first-order valence-electron chi connectivity index (χ1n) is 9.06. The first kappa shape index (κ1) is 17.2. The van der Waals surface area contributed by atoms with Gasteiger partial charge in [-0.1, -0.05) is 30.3 Å². The number of H-pyrrole nitrogens is 1. The summed E-state index contributed by atoms with van der Waals surface area (Å²) >= 11 is 0. The number of aromatic amines is 1. The van der Waals surface area contributed by atoms with E-state index in [1.807, 2.05) is 12.1 Å². The van der Waals surface area contributed by atoms with Crippen LogP contribution in [0.25, 0.3) is 10.9 Å². The van der Waals surface area contributed by atoms with E-state index >= 15 is 0 Å². The zero-order chi connectivity index (χ0) is 18.3. The van der Waals surface area contributed by atoms with Crippen molar-refractivity contribution in [1.29, 1.82) is 0 Å². The van der Waals surface area contributed by atoms with Crippen LogP contribution in [0.3, 0.4) is 0 Å². The van der Waals surface area contributed by atoms with Crippen LogP contribution >= 0.6 is 0 Å². The molecule has 4 nitrogen and oxygen atoms in total. The van der Waals surface area contributed by atoms with Crippen molar-refractivity contribution < 1.29 is 8.42 Å². The van der Waals surface area contributed by atoms with Crippen LogP contribution in [0.2, 0.25) is 0 Å². The van der Waals surface area contributed by atoms with Crippen molar-refractivity contribution in [2.75, 3.05) is 24.2 Å². The minimum Gasteiger partial charge on any atom is -0.370 e. The fourth-order valence-corrected chi connectivity index (χ4v) is 5.17. The summed E-state index contributed by atoms with van der Waals surface area (Å²) in [6.45, 7) is 3.90. The van der Waals surface area contributed by atoms with Gasteiger partial charge in [0.1, 0.15) is 0 Å². The molecule has 5 heteroatoms. The SMILES string of the molecule is Cc1[nH]c2ccccc2c1C1CCN(c2ccccc2S(C)(=O)=O)CC1. The number of aryl methyl sites for hydroxylation is 1. The zero-order valence-corrected chi connectivity index (χ0v) is 16.0. The molecule has 0 aliphatic carbocycles. The van der Waals surface area contributed by atoms with E-state index in [1.54, 1.807) is 12.1 Å². The maximum absolute atomic E-state index is 12.1. The Morgan fingerprint density at radius 1 is 1.00 bits per heavy atom. The van der Waals surface area contributed by atoms with Crippen molar-refractivity contribution in [1.82, 2.24) is 4.98 Å². The van der Waals surface area contributed by atoms with Crippen LogP contribution in [0.15, 0.2) is 53.4 Å². The van der Waals surface area contributed by atoms with Crippen LogP contribution in [-0.2, 0) is 9.84 Å². The summed E-state index contributed by atoms with van der Waals surface area (Å²) in [6, 6.07) is 15.8. The summed E-state index contributed by atoms with van der Waals surface area (Å²) in [5.74, 6) is 0.507. The molecule has 0 saturated carbocycles. The molecule has 0 amide bonds. The molecule has 2 aromatic carbocycles. The Bertz CT molecular complexity index is 1040. The van der Waals surface area contributed by atoms with Gasteiger partial charge in [-0.2, -0.15) is 0 Å². The molecule has 0 atom stereocenters. The predicted octanol–water partition coefficient (Wildman–Crippen LogP) is 4.26. The highest BCUT2D eigenvalue weighted by molar-refractivity contribution is 7.90. The molecule has 4 rings (SSSR count). The van der Waals surface area contributed by atoms with Crippen molar-refractivity contribution in [3.8, 4) is 0 Å². The van der Waals surface area contributed by atoms with E-state index in [-0.39, 0.29) is 0 Å². The van der Waals surface area contributed by atoms with Crippen molar-refractivity contribution in [3.63, 3.8) is 0 Å². The number of nitrogens with zero attached hydrogens (tertiary/aromatic N) is 1. The van der Waals surface area contributed by atoms with E-state index in [2.05, 4.69) is 41.1 Å². The number of anilines is 1. The molecule has 26 heavy (non-hydrogen) atoms. The van der Waals surface area contributed by atoms with Gasteiger partial charge in [0.15, 0.2) is 9.84 Å². The molecule has 1 aromatic heterocycles. The number of aromatic nitrogens is 1. The molecule has 0 unspecified atom stereocenters. The molecule has 0 spiro atoms. The summed E-state index contributed by atoms with van der Waals surface area (Å²) in [5.41, 5.74) is 4.71. The maximum atomic E-state index is 12.1. The van der Waals surface area contributed by atoms with Gasteiger partial charge in [0.25, 0.3) is 0 Å². The van der Waals surface area contributed by atoms with Gasteiger partial charge in [-0.15, -0.1) is 0 Å². The lowest BCUT2D eigenvalue weighted by Crippen LogP contribution is -2.33. The minimum absolute atomic E-state index is 0.432. The standard InChI is InChI=1S/C21H24N2O2S/c1-15-21(17-7-3-4-8-18(17)22-15)16-11-13-23(14-12-16)19-9-5-6-10-20(19)26(2,24)25/h3-10,16,22H,11-14H2,1-2H3. The van der Waals surface area contributed by atoms with Gasteiger partial charge in [-0.25, -0.2) is 8.42 Å². The first-order chi connectivity index (χ1) is 12.4. The molecular formula is C21H24N2O2S. The van der Waals surface area contributed by atoms with Crippen LogP contribution in [-0.4, -0.2) is 32.7 Å². The van der Waals surface area contributed by atoms with Crippen LogP contribution < -0.4 is 4.90 Å². The van der Waals surface area contributed by atoms with E-state index in [1.165, 1.54) is 28.4 Å². The molecule has 2 heterocycles. The fraction of sp³-hybridized carbons (Fsp3) is 0.333. The number of fused-ring (bicyclic) bond motifs is 1. The van der Waals surface area contributed by atoms with Crippen LogP contribution in [0, 0.1) is 6.92 Å². The highest BCUT2D eigenvalue weighted by Crippen LogP contribution is 2.37. The molecule has 136 valence electrons. The van der Waals surface area contributed by atoms with Gasteiger partial charge in [0, 0.05) is 35.9 Å². The van der Waals surface area contributed by atoms with E-state index in [4.69, 9.17) is 0 Å². The lowest BCUT2D eigenvalue weighted by Gasteiger charge is -2.34. The number of benzene rings is 2. The number of nitrogens with one attached hydrogen (secondary N) is 1. The molecule has 0 bridgehead atoms. The topological polar surface area (TPSA) is 53.2 Å². The van der Waals surface area contributed by atoms with Crippen molar-refractivity contribution >= 4 is 26.4 Å². The van der Waals surface area contributed by atoms with Gasteiger partial charge in [-0.3, -0.25) is 0 Å². The highest BCUT2D eigenvalue weighted by Gasteiger charge is 2.26. The Balaban J connectivity index is 1.60. The Hall–Kier alpha value is -2.27. The average Bonchev–Trinajstić information content (AvgIpc) is 2.97. The van der Waals surface area contributed by atoms with Crippen molar-refractivity contribution in [2.24, 2.45) is 0 Å². The van der Waals surface area contributed by atoms with Gasteiger partial charge in [0.05, 0.1) is 10.6 Å². The monoisotopic (exact) mass is 368 g/mol. The van der Waals surface area contributed by atoms with E-state index in [0.717, 1.165) is 31.6 Å². The third-order valence-electron chi connectivity index (χ3n) is 5.45. The molecule has 1 saturated heterocycles. The number of piperidine rings is 1. The van der Waals surface area contributed by atoms with Crippen LogP contribution in [0.1, 0.15) is 30.0 Å².